The largest absolute Gasteiger partial charge is 0.382 e. The number of hydrogen-bond donors (Lipinski definition) is 2. The van der Waals surface area contributed by atoms with Gasteiger partial charge in [-0.15, -0.1) is 0 Å². The Bertz CT molecular complexity index is 368. The molecule has 5 heteroatoms. The van der Waals surface area contributed by atoms with Crippen LogP contribution in [-0.2, 0) is 4.74 Å². The highest BCUT2D eigenvalue weighted by atomic mass is 16.5. The fraction of sp³-hybridized carbons (Fsp3) is 0.950. The third kappa shape index (κ3) is 7.95. The summed E-state index contributed by atoms with van der Waals surface area (Å²) in [5, 5.41) is 7.06. The molecule has 0 aromatic heterocycles. The van der Waals surface area contributed by atoms with E-state index in [1.54, 1.807) is 0 Å². The second-order valence-corrected chi connectivity index (χ2v) is 7.93. The average Bonchev–Trinajstić information content (AvgIpc) is 3.03. The third-order valence-electron chi connectivity index (χ3n) is 5.49. The number of hydrogen-bond acceptors (Lipinski definition) is 3. The van der Waals surface area contributed by atoms with E-state index in [-0.39, 0.29) is 0 Å². The molecule has 0 spiro atoms. The molecule has 0 unspecified atom stereocenters. The van der Waals surface area contributed by atoms with Crippen molar-refractivity contribution in [3.8, 4) is 0 Å². The van der Waals surface area contributed by atoms with Gasteiger partial charge in [0.05, 0.1) is 0 Å². The van der Waals surface area contributed by atoms with Gasteiger partial charge in [-0.2, -0.15) is 0 Å². The van der Waals surface area contributed by atoms with Crippen LogP contribution < -0.4 is 10.6 Å². The molecule has 0 amide bonds. The van der Waals surface area contributed by atoms with Crippen molar-refractivity contribution < 1.29 is 4.74 Å². The molecule has 1 saturated carbocycles. The van der Waals surface area contributed by atoms with Crippen LogP contribution in [0.3, 0.4) is 0 Å². The van der Waals surface area contributed by atoms with Crippen LogP contribution in [0.4, 0.5) is 0 Å². The Hall–Kier alpha value is -0.810. The van der Waals surface area contributed by atoms with Crippen LogP contribution in [0.25, 0.3) is 0 Å². The summed E-state index contributed by atoms with van der Waals surface area (Å²) in [6, 6.07) is 1.13. The minimum atomic E-state index is 0.384. The summed E-state index contributed by atoms with van der Waals surface area (Å²) in [7, 11) is 1.86. The van der Waals surface area contributed by atoms with Gasteiger partial charge in [-0.05, 0) is 59.3 Å². The first-order chi connectivity index (χ1) is 11.9. The molecule has 0 atom stereocenters. The first-order valence-electron chi connectivity index (χ1n) is 10.2. The standard InChI is InChI=1S/C20H42N4O/c1-7-25-15-12-20(10-8-9-11-20)16-23-19(21-6)22-13-14-24(17(2)3)18(4)5/h17-18H,7-16H2,1-6H3,(H2,21,22,23). The van der Waals surface area contributed by atoms with Crippen molar-refractivity contribution in [2.75, 3.05) is 39.9 Å². The Balaban J connectivity index is 2.41. The van der Waals surface area contributed by atoms with Crippen LogP contribution in [0.5, 0.6) is 0 Å². The molecule has 1 fully saturated rings. The molecule has 2 N–H and O–H groups in total. The van der Waals surface area contributed by atoms with E-state index < -0.39 is 0 Å². The number of aliphatic imine (C=N–C) groups is 1. The van der Waals surface area contributed by atoms with Crippen LogP contribution >= 0.6 is 0 Å². The maximum Gasteiger partial charge on any atom is 0.191 e. The third-order valence-corrected chi connectivity index (χ3v) is 5.49. The zero-order valence-electron chi connectivity index (χ0n) is 17.5. The lowest BCUT2D eigenvalue weighted by molar-refractivity contribution is 0.105. The fourth-order valence-electron chi connectivity index (χ4n) is 3.98. The summed E-state index contributed by atoms with van der Waals surface area (Å²) in [5.74, 6) is 0.926. The van der Waals surface area contributed by atoms with E-state index in [9.17, 15) is 0 Å². The lowest BCUT2D eigenvalue weighted by Gasteiger charge is -2.32. The Labute approximate surface area is 156 Å². The highest BCUT2D eigenvalue weighted by Gasteiger charge is 2.33. The zero-order valence-corrected chi connectivity index (χ0v) is 17.5. The molecule has 25 heavy (non-hydrogen) atoms. The van der Waals surface area contributed by atoms with Crippen molar-refractivity contribution in [1.29, 1.82) is 0 Å². The molecule has 1 rings (SSSR count). The Kier molecular flexibility index (Phi) is 10.4. The summed E-state index contributed by atoms with van der Waals surface area (Å²) < 4.78 is 5.61. The number of nitrogens with one attached hydrogen (secondary N) is 2. The van der Waals surface area contributed by atoms with Crippen LogP contribution in [0, 0.1) is 5.41 Å². The minimum absolute atomic E-state index is 0.384. The maximum absolute atomic E-state index is 5.61. The first-order valence-corrected chi connectivity index (χ1v) is 10.2. The Morgan fingerprint density at radius 1 is 1.12 bits per heavy atom. The van der Waals surface area contributed by atoms with E-state index >= 15 is 0 Å². The van der Waals surface area contributed by atoms with Crippen LogP contribution in [0.1, 0.15) is 66.7 Å². The van der Waals surface area contributed by atoms with E-state index in [1.807, 2.05) is 7.05 Å². The van der Waals surface area contributed by atoms with E-state index in [2.05, 4.69) is 55.1 Å². The molecule has 0 bridgehead atoms. The number of ether oxygens (including phenoxy) is 1. The maximum atomic E-state index is 5.61. The summed E-state index contributed by atoms with van der Waals surface area (Å²) in [5.41, 5.74) is 0.384. The van der Waals surface area contributed by atoms with Gasteiger partial charge in [0, 0.05) is 52.0 Å². The minimum Gasteiger partial charge on any atom is -0.382 e. The summed E-state index contributed by atoms with van der Waals surface area (Å²) >= 11 is 0. The van der Waals surface area contributed by atoms with Gasteiger partial charge in [-0.1, -0.05) is 12.8 Å². The topological polar surface area (TPSA) is 48.9 Å². The fourth-order valence-corrected chi connectivity index (χ4v) is 3.98. The summed E-state index contributed by atoms with van der Waals surface area (Å²) in [6.07, 6.45) is 6.45. The van der Waals surface area contributed by atoms with E-state index in [0.29, 0.717) is 17.5 Å². The first kappa shape index (κ1) is 22.2. The van der Waals surface area contributed by atoms with Gasteiger partial charge in [0.25, 0.3) is 0 Å². The number of rotatable bonds is 11. The molecule has 1 aliphatic carbocycles. The van der Waals surface area contributed by atoms with Crippen molar-refractivity contribution in [2.45, 2.75) is 78.8 Å². The summed E-state index contributed by atoms with van der Waals surface area (Å²) in [6.45, 7) is 15.8. The predicted octanol–water partition coefficient (Wildman–Crippen LogP) is 3.26. The van der Waals surface area contributed by atoms with Gasteiger partial charge in [-0.25, -0.2) is 0 Å². The molecule has 0 aromatic carbocycles. The molecule has 5 nitrogen and oxygen atoms in total. The highest BCUT2D eigenvalue weighted by Crippen LogP contribution is 2.40. The molecular formula is C20H42N4O. The number of nitrogens with zero attached hydrogens (tertiary/aromatic N) is 2. The van der Waals surface area contributed by atoms with Crippen molar-refractivity contribution in [3.05, 3.63) is 0 Å². The second kappa shape index (κ2) is 11.7. The van der Waals surface area contributed by atoms with E-state index in [1.165, 1.54) is 25.7 Å². The predicted molar refractivity (Wildman–Crippen MR) is 108 cm³/mol. The van der Waals surface area contributed by atoms with Crippen LogP contribution in [0.2, 0.25) is 0 Å². The molecule has 0 saturated heterocycles. The van der Waals surface area contributed by atoms with Gasteiger partial charge in [0.2, 0.25) is 0 Å². The lowest BCUT2D eigenvalue weighted by atomic mass is 9.83. The van der Waals surface area contributed by atoms with Gasteiger partial charge in [0.1, 0.15) is 0 Å². The van der Waals surface area contributed by atoms with Gasteiger partial charge in [0.15, 0.2) is 5.96 Å². The van der Waals surface area contributed by atoms with E-state index in [0.717, 1.165) is 45.2 Å². The van der Waals surface area contributed by atoms with Crippen LogP contribution in [0.15, 0.2) is 4.99 Å². The van der Waals surface area contributed by atoms with Crippen molar-refractivity contribution in [2.24, 2.45) is 10.4 Å². The molecule has 0 aliphatic heterocycles. The Morgan fingerprint density at radius 3 is 2.28 bits per heavy atom. The van der Waals surface area contributed by atoms with Gasteiger partial charge in [-0.3, -0.25) is 9.89 Å². The van der Waals surface area contributed by atoms with Crippen LogP contribution in [-0.4, -0.2) is 62.8 Å². The smallest absolute Gasteiger partial charge is 0.191 e. The van der Waals surface area contributed by atoms with Crippen molar-refractivity contribution in [3.63, 3.8) is 0 Å². The number of guanidine groups is 1. The van der Waals surface area contributed by atoms with Crippen molar-refractivity contribution in [1.82, 2.24) is 15.5 Å². The molecule has 0 radical (unpaired) electrons. The molecular weight excluding hydrogens is 312 g/mol. The molecule has 0 heterocycles. The highest BCUT2D eigenvalue weighted by molar-refractivity contribution is 5.79. The molecule has 0 aromatic rings. The summed E-state index contributed by atoms with van der Waals surface area (Å²) in [4.78, 5) is 6.91. The van der Waals surface area contributed by atoms with Crippen molar-refractivity contribution >= 4 is 5.96 Å². The SMILES string of the molecule is CCOCCC1(CNC(=NC)NCCN(C(C)C)C(C)C)CCCC1. The second-order valence-electron chi connectivity index (χ2n) is 7.93. The Morgan fingerprint density at radius 2 is 1.76 bits per heavy atom. The normalized spacial score (nSPS) is 17.7. The van der Waals surface area contributed by atoms with E-state index in [4.69, 9.17) is 4.74 Å². The molecule has 1 aliphatic rings. The lowest BCUT2D eigenvalue weighted by Crippen LogP contribution is -2.47. The average molecular weight is 355 g/mol. The van der Waals surface area contributed by atoms with Gasteiger partial charge < -0.3 is 15.4 Å². The van der Waals surface area contributed by atoms with Gasteiger partial charge >= 0.3 is 0 Å². The molecule has 148 valence electrons. The quantitative estimate of drug-likeness (QED) is 0.340. The zero-order chi connectivity index (χ0) is 18.7. The monoisotopic (exact) mass is 354 g/mol.